The number of carbonyl (C=O) groups excluding carboxylic acids is 1. The summed E-state index contributed by atoms with van der Waals surface area (Å²) in [6, 6.07) is 7.17. The van der Waals surface area contributed by atoms with E-state index in [1.54, 1.807) is 25.2 Å². The average molecular weight is 306 g/mol. The Morgan fingerprint density at radius 1 is 1.33 bits per heavy atom. The molecule has 21 heavy (non-hydrogen) atoms. The first-order valence-corrected chi connectivity index (χ1v) is 6.88. The molecule has 3 N–H and O–H groups in total. The van der Waals surface area contributed by atoms with Crippen LogP contribution in [0, 0.1) is 0 Å². The van der Waals surface area contributed by atoms with Crippen LogP contribution in [0.5, 0.6) is 0 Å². The number of carbonyl (C=O) groups is 1. The van der Waals surface area contributed by atoms with Crippen molar-refractivity contribution in [3.63, 3.8) is 0 Å². The van der Waals surface area contributed by atoms with Gasteiger partial charge in [-0.1, -0.05) is 23.7 Å². The monoisotopic (exact) mass is 305 g/mol. The molecule has 6 nitrogen and oxygen atoms in total. The molecule has 1 aromatic carbocycles. The molecule has 110 valence electrons. The van der Waals surface area contributed by atoms with Gasteiger partial charge in [-0.05, 0) is 19.1 Å². The fourth-order valence-corrected chi connectivity index (χ4v) is 1.89. The van der Waals surface area contributed by atoms with Gasteiger partial charge < -0.3 is 16.0 Å². The number of nitrogens with one attached hydrogen (secondary N) is 3. The van der Waals surface area contributed by atoms with Crippen LogP contribution in [0.15, 0.2) is 30.5 Å². The predicted octanol–water partition coefficient (Wildman–Crippen LogP) is 2.67. The molecule has 1 amide bonds. The number of hydrogen-bond donors (Lipinski definition) is 3. The number of anilines is 3. The number of para-hydroxylation sites is 1. The minimum absolute atomic E-state index is 0.153. The first-order valence-electron chi connectivity index (χ1n) is 6.50. The summed E-state index contributed by atoms with van der Waals surface area (Å²) in [6.07, 6.45) is 1.50. The van der Waals surface area contributed by atoms with Gasteiger partial charge in [0.2, 0.25) is 5.95 Å². The van der Waals surface area contributed by atoms with E-state index in [0.717, 1.165) is 0 Å². The van der Waals surface area contributed by atoms with Gasteiger partial charge in [-0.2, -0.15) is 4.98 Å². The molecule has 0 saturated heterocycles. The molecule has 2 rings (SSSR count). The Bertz CT molecular complexity index is 647. The first-order chi connectivity index (χ1) is 10.2. The number of nitrogens with zero attached hydrogens (tertiary/aromatic N) is 2. The van der Waals surface area contributed by atoms with Crippen LogP contribution in [0.4, 0.5) is 17.5 Å². The Morgan fingerprint density at radius 3 is 2.81 bits per heavy atom. The normalized spacial score (nSPS) is 10.0. The molecule has 0 aliphatic heterocycles. The smallest absolute Gasteiger partial charge is 0.253 e. The molecule has 0 fully saturated rings. The molecule has 0 spiro atoms. The zero-order chi connectivity index (χ0) is 15.2. The van der Waals surface area contributed by atoms with E-state index in [1.807, 2.05) is 13.0 Å². The van der Waals surface area contributed by atoms with Gasteiger partial charge in [-0.15, -0.1) is 0 Å². The SMILES string of the molecule is CCNC(=O)c1ccccc1Nc1nc(NC)ncc1Cl. The number of rotatable bonds is 5. The molecular weight excluding hydrogens is 290 g/mol. The topological polar surface area (TPSA) is 78.9 Å². The molecule has 0 aliphatic rings. The Labute approximate surface area is 128 Å². The van der Waals surface area contributed by atoms with Crippen molar-refractivity contribution in [2.45, 2.75) is 6.92 Å². The summed E-state index contributed by atoms with van der Waals surface area (Å²) in [6.45, 7) is 2.43. The lowest BCUT2D eigenvalue weighted by Crippen LogP contribution is -2.23. The maximum absolute atomic E-state index is 12.0. The highest BCUT2D eigenvalue weighted by molar-refractivity contribution is 6.33. The van der Waals surface area contributed by atoms with Crippen molar-refractivity contribution < 1.29 is 4.79 Å². The van der Waals surface area contributed by atoms with Crippen molar-refractivity contribution in [2.75, 3.05) is 24.2 Å². The number of benzene rings is 1. The molecule has 0 aliphatic carbocycles. The van der Waals surface area contributed by atoms with Crippen molar-refractivity contribution >= 4 is 35.0 Å². The van der Waals surface area contributed by atoms with Crippen molar-refractivity contribution in [3.8, 4) is 0 Å². The van der Waals surface area contributed by atoms with Crippen LogP contribution in [0.3, 0.4) is 0 Å². The van der Waals surface area contributed by atoms with Crippen molar-refractivity contribution in [1.82, 2.24) is 15.3 Å². The van der Waals surface area contributed by atoms with E-state index in [9.17, 15) is 4.79 Å². The van der Waals surface area contributed by atoms with Gasteiger partial charge in [0.15, 0.2) is 5.82 Å². The number of hydrogen-bond acceptors (Lipinski definition) is 5. The fraction of sp³-hybridized carbons (Fsp3) is 0.214. The Kier molecular flexibility index (Phi) is 4.94. The van der Waals surface area contributed by atoms with Crippen LogP contribution < -0.4 is 16.0 Å². The molecule has 0 saturated carbocycles. The maximum atomic E-state index is 12.0. The zero-order valence-electron chi connectivity index (χ0n) is 11.8. The lowest BCUT2D eigenvalue weighted by Gasteiger charge is -2.12. The second-order valence-corrected chi connectivity index (χ2v) is 4.58. The quantitative estimate of drug-likeness (QED) is 0.791. The first kappa shape index (κ1) is 15.1. The number of halogens is 1. The molecule has 0 bridgehead atoms. The molecule has 1 aromatic heterocycles. The largest absolute Gasteiger partial charge is 0.357 e. The summed E-state index contributed by atoms with van der Waals surface area (Å²) >= 11 is 6.08. The summed E-state index contributed by atoms with van der Waals surface area (Å²) in [4.78, 5) is 20.3. The van der Waals surface area contributed by atoms with E-state index in [0.29, 0.717) is 34.6 Å². The number of amides is 1. The minimum atomic E-state index is -0.153. The van der Waals surface area contributed by atoms with Crippen LogP contribution in [-0.4, -0.2) is 29.5 Å². The minimum Gasteiger partial charge on any atom is -0.357 e. The van der Waals surface area contributed by atoms with E-state index in [4.69, 9.17) is 11.6 Å². The van der Waals surface area contributed by atoms with E-state index >= 15 is 0 Å². The highest BCUT2D eigenvalue weighted by Gasteiger charge is 2.12. The van der Waals surface area contributed by atoms with Gasteiger partial charge in [0, 0.05) is 13.6 Å². The van der Waals surface area contributed by atoms with Crippen molar-refractivity contribution in [1.29, 1.82) is 0 Å². The predicted molar refractivity (Wildman–Crippen MR) is 84.3 cm³/mol. The summed E-state index contributed by atoms with van der Waals surface area (Å²) in [5, 5.41) is 9.05. The third-order valence-corrected chi connectivity index (χ3v) is 3.01. The lowest BCUT2D eigenvalue weighted by atomic mass is 10.1. The van der Waals surface area contributed by atoms with Gasteiger partial charge in [0.05, 0.1) is 17.4 Å². The third-order valence-electron chi connectivity index (χ3n) is 2.73. The second-order valence-electron chi connectivity index (χ2n) is 4.17. The van der Waals surface area contributed by atoms with E-state index in [2.05, 4.69) is 25.9 Å². The molecule has 0 atom stereocenters. The van der Waals surface area contributed by atoms with Crippen LogP contribution in [0.2, 0.25) is 5.02 Å². The fourth-order valence-electron chi connectivity index (χ4n) is 1.75. The van der Waals surface area contributed by atoms with Crippen molar-refractivity contribution in [2.24, 2.45) is 0 Å². The van der Waals surface area contributed by atoms with Gasteiger partial charge in [-0.25, -0.2) is 4.98 Å². The van der Waals surface area contributed by atoms with E-state index in [1.165, 1.54) is 6.20 Å². The highest BCUT2D eigenvalue weighted by Crippen LogP contribution is 2.25. The standard InChI is InChI=1S/C14H16ClN5O/c1-3-17-13(21)9-6-4-5-7-11(9)19-12-10(15)8-18-14(16-2)20-12/h4-8H,3H2,1-2H3,(H,17,21)(H2,16,18,19,20). The van der Waals surface area contributed by atoms with E-state index < -0.39 is 0 Å². The highest BCUT2D eigenvalue weighted by atomic mass is 35.5. The Morgan fingerprint density at radius 2 is 2.10 bits per heavy atom. The summed E-state index contributed by atoms with van der Waals surface area (Å²) in [5.41, 5.74) is 1.16. The van der Waals surface area contributed by atoms with Crippen LogP contribution in [0.1, 0.15) is 17.3 Å². The van der Waals surface area contributed by atoms with Gasteiger partial charge >= 0.3 is 0 Å². The Balaban J connectivity index is 2.33. The van der Waals surface area contributed by atoms with Gasteiger partial charge in [-0.3, -0.25) is 4.79 Å². The van der Waals surface area contributed by atoms with Crippen LogP contribution >= 0.6 is 11.6 Å². The second kappa shape index (κ2) is 6.90. The molecular formula is C14H16ClN5O. The average Bonchev–Trinajstić information content (AvgIpc) is 2.50. The molecule has 1 heterocycles. The number of aromatic nitrogens is 2. The molecule has 2 aromatic rings. The summed E-state index contributed by atoms with van der Waals surface area (Å²) in [7, 11) is 1.72. The van der Waals surface area contributed by atoms with Crippen molar-refractivity contribution in [3.05, 3.63) is 41.0 Å². The Hall–Kier alpha value is -2.34. The third kappa shape index (κ3) is 3.61. The van der Waals surface area contributed by atoms with Crippen LogP contribution in [0.25, 0.3) is 0 Å². The molecule has 0 radical (unpaired) electrons. The van der Waals surface area contributed by atoms with Gasteiger partial charge in [0.25, 0.3) is 5.91 Å². The van der Waals surface area contributed by atoms with E-state index in [-0.39, 0.29) is 5.91 Å². The summed E-state index contributed by atoms with van der Waals surface area (Å²) in [5.74, 6) is 0.727. The molecule has 0 unspecified atom stereocenters. The molecule has 7 heteroatoms. The van der Waals surface area contributed by atoms with Crippen LogP contribution in [-0.2, 0) is 0 Å². The maximum Gasteiger partial charge on any atom is 0.253 e. The zero-order valence-corrected chi connectivity index (χ0v) is 12.5. The summed E-state index contributed by atoms with van der Waals surface area (Å²) < 4.78 is 0. The van der Waals surface area contributed by atoms with Gasteiger partial charge in [0.1, 0.15) is 5.02 Å². The lowest BCUT2D eigenvalue weighted by molar-refractivity contribution is 0.0956.